The number of thiazole rings is 1. The average Bonchev–Trinajstić information content (AvgIpc) is 3.41. The lowest BCUT2D eigenvalue weighted by molar-refractivity contribution is -0.125. The molecule has 1 saturated carbocycles. The number of ketones is 1. The largest absolute Gasteiger partial charge is 0.369 e. The predicted molar refractivity (Wildman–Crippen MR) is 160 cm³/mol. The van der Waals surface area contributed by atoms with Crippen LogP contribution < -0.4 is 4.90 Å². The SMILES string of the molecule is CC(C)C(C#N)CC(=O)[C@@H]1CCCC[C@H]1c1nc(-c2ccc(F)cn2)sc1-c1ccc(N2CCS(=O)(=O)CC2)cc1. The van der Waals surface area contributed by atoms with E-state index in [0.717, 1.165) is 47.5 Å². The smallest absolute Gasteiger partial charge is 0.153 e. The van der Waals surface area contributed by atoms with Crippen molar-refractivity contribution in [2.45, 2.75) is 51.9 Å². The van der Waals surface area contributed by atoms with Crippen LogP contribution >= 0.6 is 11.3 Å². The lowest BCUT2D eigenvalue weighted by Gasteiger charge is -2.31. The molecular weight excluding hydrogens is 559 g/mol. The first kappa shape index (κ1) is 29.3. The molecule has 0 bridgehead atoms. The van der Waals surface area contributed by atoms with Gasteiger partial charge in [0.15, 0.2) is 9.84 Å². The van der Waals surface area contributed by atoms with Gasteiger partial charge >= 0.3 is 0 Å². The molecule has 0 amide bonds. The number of carbonyl (C=O) groups excluding carboxylic acids is 1. The van der Waals surface area contributed by atoms with E-state index >= 15 is 0 Å². The molecule has 3 heterocycles. The zero-order chi connectivity index (χ0) is 29.1. The number of benzene rings is 1. The van der Waals surface area contributed by atoms with E-state index in [1.54, 1.807) is 6.07 Å². The fourth-order valence-corrected chi connectivity index (χ4v) is 8.16. The monoisotopic (exact) mass is 594 g/mol. The number of aromatic nitrogens is 2. The molecule has 2 aromatic heterocycles. The van der Waals surface area contributed by atoms with Gasteiger partial charge < -0.3 is 4.90 Å². The van der Waals surface area contributed by atoms with Crippen LogP contribution in [0.15, 0.2) is 42.6 Å². The summed E-state index contributed by atoms with van der Waals surface area (Å²) in [5, 5.41) is 10.3. The fourth-order valence-electron chi connectivity index (χ4n) is 5.84. The van der Waals surface area contributed by atoms with Gasteiger partial charge in [0.05, 0.1) is 46.0 Å². The van der Waals surface area contributed by atoms with Gasteiger partial charge in [0.1, 0.15) is 16.6 Å². The van der Waals surface area contributed by atoms with Gasteiger partial charge in [-0.3, -0.25) is 9.78 Å². The summed E-state index contributed by atoms with van der Waals surface area (Å²) in [7, 11) is -2.97. The molecule has 7 nitrogen and oxygen atoms in total. The minimum atomic E-state index is -2.97. The minimum Gasteiger partial charge on any atom is -0.369 e. The number of carbonyl (C=O) groups is 1. The van der Waals surface area contributed by atoms with Gasteiger partial charge in [-0.1, -0.05) is 38.8 Å². The first-order chi connectivity index (χ1) is 19.6. The molecule has 2 fully saturated rings. The van der Waals surface area contributed by atoms with Gasteiger partial charge in [0.2, 0.25) is 0 Å². The van der Waals surface area contributed by atoms with Crippen LogP contribution in [0.4, 0.5) is 10.1 Å². The Morgan fingerprint density at radius 1 is 1.12 bits per heavy atom. The van der Waals surface area contributed by atoms with Crippen LogP contribution in [0.3, 0.4) is 0 Å². The van der Waals surface area contributed by atoms with Crippen molar-refractivity contribution in [3.8, 4) is 27.2 Å². The van der Waals surface area contributed by atoms with Crippen molar-refractivity contribution in [2.24, 2.45) is 17.8 Å². The molecule has 3 aromatic rings. The van der Waals surface area contributed by atoms with Crippen LogP contribution in [0.5, 0.6) is 0 Å². The van der Waals surface area contributed by atoms with Crippen LogP contribution in [0, 0.1) is 34.9 Å². The molecule has 2 aliphatic rings. The van der Waals surface area contributed by atoms with E-state index in [1.165, 1.54) is 23.6 Å². The second-order valence-corrected chi connectivity index (χ2v) is 14.7. The van der Waals surface area contributed by atoms with Gasteiger partial charge in [0, 0.05) is 37.0 Å². The molecule has 0 radical (unpaired) electrons. The van der Waals surface area contributed by atoms with Crippen molar-refractivity contribution in [1.29, 1.82) is 5.26 Å². The quantitative estimate of drug-likeness (QED) is 0.303. The van der Waals surface area contributed by atoms with Crippen LogP contribution in [0.25, 0.3) is 21.1 Å². The van der Waals surface area contributed by atoms with E-state index in [-0.39, 0.29) is 47.4 Å². The van der Waals surface area contributed by atoms with Crippen LogP contribution in [0.1, 0.15) is 57.6 Å². The highest BCUT2D eigenvalue weighted by Gasteiger charge is 2.36. The van der Waals surface area contributed by atoms with Crippen molar-refractivity contribution in [2.75, 3.05) is 29.5 Å². The molecule has 1 aromatic carbocycles. The van der Waals surface area contributed by atoms with Gasteiger partial charge in [0.25, 0.3) is 0 Å². The van der Waals surface area contributed by atoms with Crippen LogP contribution in [0.2, 0.25) is 0 Å². The molecule has 216 valence electrons. The summed E-state index contributed by atoms with van der Waals surface area (Å²) in [6, 6.07) is 13.4. The Bertz CT molecular complexity index is 1510. The molecule has 5 rings (SSSR count). The lowest BCUT2D eigenvalue weighted by Crippen LogP contribution is -2.40. The van der Waals surface area contributed by atoms with Gasteiger partial charge in [-0.15, -0.1) is 11.3 Å². The summed E-state index contributed by atoms with van der Waals surface area (Å²) in [5.74, 6) is -0.456. The summed E-state index contributed by atoms with van der Waals surface area (Å²) in [6.45, 7) is 4.90. The zero-order valence-corrected chi connectivity index (χ0v) is 25.1. The second kappa shape index (κ2) is 12.4. The fraction of sp³-hybridized carbons (Fsp3) is 0.484. The maximum absolute atomic E-state index is 13.6. The Hall–Kier alpha value is -3.16. The highest BCUT2D eigenvalue weighted by molar-refractivity contribution is 7.91. The highest BCUT2D eigenvalue weighted by Crippen LogP contribution is 2.46. The Morgan fingerprint density at radius 3 is 2.46 bits per heavy atom. The Labute approximate surface area is 245 Å². The van der Waals surface area contributed by atoms with E-state index in [0.29, 0.717) is 23.8 Å². The van der Waals surface area contributed by atoms with E-state index in [9.17, 15) is 22.9 Å². The number of halogens is 1. The van der Waals surface area contributed by atoms with E-state index in [2.05, 4.69) is 16.0 Å². The van der Waals surface area contributed by atoms with Crippen molar-refractivity contribution < 1.29 is 17.6 Å². The van der Waals surface area contributed by atoms with Gasteiger partial charge in [-0.25, -0.2) is 17.8 Å². The lowest BCUT2D eigenvalue weighted by atomic mass is 9.72. The summed E-state index contributed by atoms with van der Waals surface area (Å²) in [6.07, 6.45) is 5.02. The normalized spacial score (nSPS) is 21.4. The third-order valence-electron chi connectivity index (χ3n) is 8.36. The number of sulfone groups is 1. The van der Waals surface area contributed by atoms with E-state index < -0.39 is 15.7 Å². The summed E-state index contributed by atoms with van der Waals surface area (Å²) in [5.41, 5.74) is 3.38. The molecule has 1 aliphatic carbocycles. The predicted octanol–water partition coefficient (Wildman–Crippen LogP) is 6.27. The molecule has 41 heavy (non-hydrogen) atoms. The van der Waals surface area contributed by atoms with Gasteiger partial charge in [-0.2, -0.15) is 5.26 Å². The highest BCUT2D eigenvalue weighted by atomic mass is 32.2. The number of Topliss-reactive ketones (excluding diaryl/α,β-unsaturated/α-hetero) is 1. The molecule has 1 unspecified atom stereocenters. The number of rotatable bonds is 8. The van der Waals surface area contributed by atoms with Crippen LogP contribution in [-0.2, 0) is 14.6 Å². The molecule has 1 saturated heterocycles. The Morgan fingerprint density at radius 2 is 1.83 bits per heavy atom. The number of nitriles is 1. The Kier molecular flexibility index (Phi) is 8.85. The molecule has 1 aliphatic heterocycles. The maximum Gasteiger partial charge on any atom is 0.153 e. The maximum atomic E-state index is 13.6. The van der Waals surface area contributed by atoms with Crippen molar-refractivity contribution in [3.63, 3.8) is 0 Å². The molecule has 0 spiro atoms. The van der Waals surface area contributed by atoms with Crippen LogP contribution in [-0.4, -0.2) is 48.8 Å². The summed E-state index contributed by atoms with van der Waals surface area (Å²) < 4.78 is 37.4. The Balaban J connectivity index is 1.50. The van der Waals surface area contributed by atoms with Crippen molar-refractivity contribution in [3.05, 3.63) is 54.1 Å². The number of anilines is 1. The first-order valence-corrected chi connectivity index (χ1v) is 16.9. The third kappa shape index (κ3) is 6.68. The number of nitrogens with zero attached hydrogens (tertiary/aromatic N) is 4. The van der Waals surface area contributed by atoms with Crippen molar-refractivity contribution >= 4 is 32.6 Å². The molecule has 10 heteroatoms. The molecule has 3 atom stereocenters. The summed E-state index contributed by atoms with van der Waals surface area (Å²) >= 11 is 1.49. The topological polar surface area (TPSA) is 104 Å². The minimum absolute atomic E-state index is 0.0739. The van der Waals surface area contributed by atoms with E-state index in [4.69, 9.17) is 4.98 Å². The summed E-state index contributed by atoms with van der Waals surface area (Å²) in [4.78, 5) is 26.0. The second-order valence-electron chi connectivity index (χ2n) is 11.4. The van der Waals surface area contributed by atoms with Gasteiger partial charge in [-0.05, 0) is 48.6 Å². The molecular formula is C31H35FN4O3S2. The number of hydrogen-bond donors (Lipinski definition) is 0. The van der Waals surface area contributed by atoms with E-state index in [1.807, 2.05) is 38.1 Å². The first-order valence-electron chi connectivity index (χ1n) is 14.3. The number of pyridine rings is 1. The number of hydrogen-bond acceptors (Lipinski definition) is 8. The zero-order valence-electron chi connectivity index (χ0n) is 23.4. The standard InChI is InChI=1S/C31H35FN4O3S2/c1-20(2)22(18-33)17-28(37)25-5-3-4-6-26(25)29-30(40-31(35-29)27-12-9-23(32)19-34-27)21-7-10-24(11-8-21)36-13-15-41(38,39)16-14-36/h7-12,19-20,22,25-26H,3-6,13-17H2,1-2H3/t22?,25-,26-/m1/s1. The van der Waals surface area contributed by atoms with Crippen molar-refractivity contribution in [1.82, 2.24) is 9.97 Å². The molecule has 0 N–H and O–H groups in total. The average molecular weight is 595 g/mol. The third-order valence-corrected chi connectivity index (χ3v) is 11.1.